The molecule has 20 heavy (non-hydrogen) atoms. The second-order valence-corrected chi connectivity index (χ2v) is 4.41. The zero-order valence-electron chi connectivity index (χ0n) is 11.5. The number of rotatable bonds is 7. The van der Waals surface area contributed by atoms with Crippen LogP contribution in [-0.2, 0) is 6.18 Å². The smallest absolute Gasteiger partial charge is 0.393 e. The van der Waals surface area contributed by atoms with Crippen LogP contribution in [0.3, 0.4) is 0 Å². The molecular weight excluding hydrogens is 273 g/mol. The number of alkyl halides is 3. The molecule has 0 bridgehead atoms. The van der Waals surface area contributed by atoms with E-state index in [0.717, 1.165) is 0 Å². The molecule has 0 saturated heterocycles. The minimum absolute atomic E-state index is 0.119. The Morgan fingerprint density at radius 1 is 1.25 bits per heavy atom. The Kier molecular flexibility index (Phi) is 6.00. The van der Waals surface area contributed by atoms with Crippen LogP contribution >= 0.6 is 0 Å². The van der Waals surface area contributed by atoms with Gasteiger partial charge in [0.1, 0.15) is 11.6 Å². The van der Waals surface area contributed by atoms with Crippen LogP contribution in [0.2, 0.25) is 0 Å². The molecule has 0 spiro atoms. The zero-order chi connectivity index (χ0) is 15.2. The van der Waals surface area contributed by atoms with Crippen LogP contribution in [0.5, 0.6) is 0 Å². The first-order chi connectivity index (χ1) is 9.32. The van der Waals surface area contributed by atoms with E-state index < -0.39 is 18.1 Å². The molecule has 1 unspecified atom stereocenters. The highest BCUT2D eigenvalue weighted by Gasteiger charge is 2.35. The highest BCUT2D eigenvalue weighted by atomic mass is 19.4. The van der Waals surface area contributed by atoms with E-state index in [4.69, 9.17) is 5.11 Å². The molecule has 0 amide bonds. The largest absolute Gasteiger partial charge is 0.451 e. The van der Waals surface area contributed by atoms with Crippen molar-refractivity contribution in [3.63, 3.8) is 0 Å². The Balaban J connectivity index is 2.76. The topological polar surface area (TPSA) is 70.1 Å². The minimum Gasteiger partial charge on any atom is -0.393 e. The van der Waals surface area contributed by atoms with Crippen molar-refractivity contribution in [2.75, 3.05) is 23.7 Å². The number of nitrogens with zero attached hydrogens (tertiary/aromatic N) is 2. The number of nitrogens with one attached hydrogen (secondary N) is 2. The number of aromatic nitrogens is 2. The Hall–Kier alpha value is -1.57. The molecule has 0 fully saturated rings. The molecule has 1 atom stereocenters. The maximum Gasteiger partial charge on any atom is 0.451 e. The first-order valence-electron chi connectivity index (χ1n) is 6.45. The van der Waals surface area contributed by atoms with Gasteiger partial charge in [-0.1, -0.05) is 0 Å². The fourth-order valence-corrected chi connectivity index (χ4v) is 1.55. The van der Waals surface area contributed by atoms with E-state index in [1.54, 1.807) is 13.8 Å². The fourth-order valence-electron chi connectivity index (χ4n) is 1.55. The molecule has 1 rings (SSSR count). The van der Waals surface area contributed by atoms with Gasteiger partial charge >= 0.3 is 6.18 Å². The third-order valence-electron chi connectivity index (χ3n) is 2.44. The van der Waals surface area contributed by atoms with E-state index in [1.807, 2.05) is 0 Å². The van der Waals surface area contributed by atoms with E-state index in [-0.39, 0.29) is 11.6 Å². The van der Waals surface area contributed by atoms with Crippen molar-refractivity contribution in [1.82, 2.24) is 9.97 Å². The van der Waals surface area contributed by atoms with Crippen molar-refractivity contribution in [3.05, 3.63) is 11.9 Å². The monoisotopic (exact) mass is 292 g/mol. The molecule has 0 aromatic carbocycles. The third kappa shape index (κ3) is 5.60. The summed E-state index contributed by atoms with van der Waals surface area (Å²) in [6.07, 6.45) is -3.80. The molecule has 0 radical (unpaired) electrons. The van der Waals surface area contributed by atoms with E-state index in [1.165, 1.54) is 6.07 Å². The van der Waals surface area contributed by atoms with Gasteiger partial charge < -0.3 is 15.7 Å². The maximum absolute atomic E-state index is 12.7. The Labute approximate surface area is 115 Å². The summed E-state index contributed by atoms with van der Waals surface area (Å²) >= 11 is 0. The molecule has 114 valence electrons. The van der Waals surface area contributed by atoms with Crippen LogP contribution in [0.1, 0.15) is 32.5 Å². The van der Waals surface area contributed by atoms with E-state index >= 15 is 0 Å². The molecule has 0 aliphatic heterocycles. The molecule has 1 heterocycles. The molecule has 3 N–H and O–H groups in total. The average Bonchev–Trinajstić information content (AvgIpc) is 2.33. The predicted molar refractivity (Wildman–Crippen MR) is 70.6 cm³/mol. The molecule has 0 aliphatic carbocycles. The van der Waals surface area contributed by atoms with Crippen molar-refractivity contribution in [3.8, 4) is 0 Å². The van der Waals surface area contributed by atoms with Gasteiger partial charge in [-0.05, 0) is 26.7 Å². The molecular formula is C12H19F3N4O. The van der Waals surface area contributed by atoms with Gasteiger partial charge in [-0.2, -0.15) is 13.2 Å². The van der Waals surface area contributed by atoms with Crippen molar-refractivity contribution < 1.29 is 18.3 Å². The van der Waals surface area contributed by atoms with Gasteiger partial charge in [-0.3, -0.25) is 0 Å². The third-order valence-corrected chi connectivity index (χ3v) is 2.44. The minimum atomic E-state index is -4.58. The molecule has 0 aliphatic rings. The Bertz CT molecular complexity index is 424. The number of aliphatic hydroxyl groups excluding tert-OH is 1. The van der Waals surface area contributed by atoms with Crippen molar-refractivity contribution >= 4 is 11.6 Å². The van der Waals surface area contributed by atoms with Crippen molar-refractivity contribution in [2.24, 2.45) is 0 Å². The van der Waals surface area contributed by atoms with Gasteiger partial charge in [0.2, 0.25) is 5.82 Å². The van der Waals surface area contributed by atoms with Gasteiger partial charge in [0, 0.05) is 19.2 Å². The number of hydrogen-bond donors (Lipinski definition) is 3. The Morgan fingerprint density at radius 3 is 2.35 bits per heavy atom. The normalized spacial score (nSPS) is 13.1. The standard InChI is InChI=1S/C12H19F3N4O/c1-3-16-9-7-10(17-6-4-5-8(2)20)19-11(18-9)12(13,14)15/h7-8,20H,3-6H2,1-2H3,(H2,16,17,18,19). The average molecular weight is 292 g/mol. The van der Waals surface area contributed by atoms with Crippen molar-refractivity contribution in [2.45, 2.75) is 39.0 Å². The molecule has 8 heteroatoms. The van der Waals surface area contributed by atoms with E-state index in [2.05, 4.69) is 20.6 Å². The van der Waals surface area contributed by atoms with Gasteiger partial charge in [0.15, 0.2) is 0 Å². The highest BCUT2D eigenvalue weighted by molar-refractivity contribution is 5.47. The molecule has 5 nitrogen and oxygen atoms in total. The summed E-state index contributed by atoms with van der Waals surface area (Å²) in [5.74, 6) is -0.921. The number of anilines is 2. The fraction of sp³-hybridized carbons (Fsp3) is 0.667. The van der Waals surface area contributed by atoms with Gasteiger partial charge in [-0.25, -0.2) is 9.97 Å². The van der Waals surface area contributed by atoms with Gasteiger partial charge in [-0.15, -0.1) is 0 Å². The quantitative estimate of drug-likeness (QED) is 0.674. The molecule has 0 saturated carbocycles. The summed E-state index contributed by atoms with van der Waals surface area (Å²) < 4.78 is 38.0. The molecule has 1 aromatic heterocycles. The number of aliphatic hydroxyl groups is 1. The second kappa shape index (κ2) is 7.28. The number of halogens is 3. The summed E-state index contributed by atoms with van der Waals surface area (Å²) in [6, 6.07) is 1.43. The van der Waals surface area contributed by atoms with Crippen LogP contribution in [0.25, 0.3) is 0 Å². The summed E-state index contributed by atoms with van der Waals surface area (Å²) in [5.41, 5.74) is 0. The van der Waals surface area contributed by atoms with Crippen LogP contribution in [0, 0.1) is 0 Å². The number of hydrogen-bond acceptors (Lipinski definition) is 5. The summed E-state index contributed by atoms with van der Waals surface area (Å²) in [7, 11) is 0. The molecule has 1 aromatic rings. The summed E-state index contributed by atoms with van der Waals surface area (Å²) in [6.45, 7) is 4.33. The maximum atomic E-state index is 12.7. The van der Waals surface area contributed by atoms with Gasteiger partial charge in [0.05, 0.1) is 6.10 Å². The first-order valence-corrected chi connectivity index (χ1v) is 6.45. The highest BCUT2D eigenvalue weighted by Crippen LogP contribution is 2.28. The summed E-state index contributed by atoms with van der Waals surface area (Å²) in [4.78, 5) is 6.88. The van der Waals surface area contributed by atoms with Crippen molar-refractivity contribution in [1.29, 1.82) is 0 Å². The Morgan fingerprint density at radius 2 is 1.85 bits per heavy atom. The first kappa shape index (κ1) is 16.5. The lowest BCUT2D eigenvalue weighted by atomic mass is 10.2. The summed E-state index contributed by atoms with van der Waals surface area (Å²) in [5, 5.41) is 14.6. The lowest BCUT2D eigenvalue weighted by Crippen LogP contribution is -2.16. The zero-order valence-corrected chi connectivity index (χ0v) is 11.5. The lowest BCUT2D eigenvalue weighted by molar-refractivity contribution is -0.144. The SMILES string of the molecule is CCNc1cc(NCCCC(C)O)nc(C(F)(F)F)n1. The van der Waals surface area contributed by atoms with Crippen LogP contribution < -0.4 is 10.6 Å². The van der Waals surface area contributed by atoms with Crippen LogP contribution in [-0.4, -0.2) is 34.3 Å². The van der Waals surface area contributed by atoms with Crippen LogP contribution in [0.4, 0.5) is 24.8 Å². The predicted octanol–water partition coefficient (Wildman–Crippen LogP) is 2.50. The van der Waals surface area contributed by atoms with Crippen LogP contribution in [0.15, 0.2) is 6.07 Å². The van der Waals surface area contributed by atoms with E-state index in [9.17, 15) is 13.2 Å². The van der Waals surface area contributed by atoms with Gasteiger partial charge in [0.25, 0.3) is 0 Å². The van der Waals surface area contributed by atoms with E-state index in [0.29, 0.717) is 25.9 Å². The second-order valence-electron chi connectivity index (χ2n) is 4.41. The lowest BCUT2D eigenvalue weighted by Gasteiger charge is -2.12.